The maximum atomic E-state index is 13.2. The van der Waals surface area contributed by atoms with Crippen molar-refractivity contribution in [2.75, 3.05) is 31.7 Å². The summed E-state index contributed by atoms with van der Waals surface area (Å²) in [5.74, 6) is -0.484. The van der Waals surface area contributed by atoms with Gasteiger partial charge < -0.3 is 19.2 Å². The van der Waals surface area contributed by atoms with Gasteiger partial charge in [0, 0.05) is 13.2 Å². The van der Waals surface area contributed by atoms with E-state index in [-0.39, 0.29) is 31.0 Å². The van der Waals surface area contributed by atoms with Crippen LogP contribution in [0.4, 0.5) is 6.01 Å². The number of amides is 1. The number of para-hydroxylation sites is 2. The molecule has 0 aliphatic carbocycles. The summed E-state index contributed by atoms with van der Waals surface area (Å²) < 4.78 is 41.1. The Hall–Kier alpha value is -3.15. The lowest BCUT2D eigenvalue weighted by molar-refractivity contribution is -0.134. The Morgan fingerprint density at radius 1 is 1.12 bits per heavy atom. The fourth-order valence-corrected chi connectivity index (χ4v) is 5.58. The molecule has 0 atom stereocenters. The van der Waals surface area contributed by atoms with E-state index in [0.717, 1.165) is 5.52 Å². The molecule has 3 aromatic rings. The van der Waals surface area contributed by atoms with Crippen molar-refractivity contribution in [3.63, 3.8) is 0 Å². The van der Waals surface area contributed by atoms with Gasteiger partial charge in [0.2, 0.25) is 0 Å². The van der Waals surface area contributed by atoms with Gasteiger partial charge in [0.15, 0.2) is 20.2 Å². The first-order chi connectivity index (χ1) is 15.5. The molecular formula is C21H23N3O7S. The molecule has 2 aromatic carbocycles. The number of nitrogens with one attached hydrogen (secondary N) is 2. The molecule has 4 rings (SSSR count). The molecule has 0 spiro atoms. The molecule has 0 radical (unpaired) electrons. The summed E-state index contributed by atoms with van der Waals surface area (Å²) in [6, 6.07) is 13.6. The third-order valence-corrected chi connectivity index (χ3v) is 7.92. The number of hydrogen-bond acceptors (Lipinski definition) is 9. The molecule has 170 valence electrons. The molecule has 32 heavy (non-hydrogen) atoms. The molecule has 11 heteroatoms. The van der Waals surface area contributed by atoms with Gasteiger partial charge in [-0.05, 0) is 49.2 Å². The Labute approximate surface area is 184 Å². The van der Waals surface area contributed by atoms with Gasteiger partial charge in [0.1, 0.15) is 17.9 Å². The van der Waals surface area contributed by atoms with Crippen molar-refractivity contribution in [3.05, 3.63) is 48.5 Å². The van der Waals surface area contributed by atoms with Crippen LogP contribution in [0.3, 0.4) is 0 Å². The van der Waals surface area contributed by atoms with Crippen molar-refractivity contribution < 1.29 is 32.3 Å². The van der Waals surface area contributed by atoms with E-state index in [2.05, 4.69) is 10.3 Å². The number of anilines is 1. The molecule has 1 fully saturated rings. The predicted octanol–water partition coefficient (Wildman–Crippen LogP) is 2.15. The molecule has 1 aromatic heterocycles. The average molecular weight is 461 g/mol. The smallest absolute Gasteiger partial charge is 0.295 e. The van der Waals surface area contributed by atoms with Crippen molar-refractivity contribution in [1.29, 1.82) is 0 Å². The van der Waals surface area contributed by atoms with E-state index in [1.807, 2.05) is 24.3 Å². The summed E-state index contributed by atoms with van der Waals surface area (Å²) in [5, 5.41) is 12.1. The number of hydroxylamine groups is 1. The Kier molecular flexibility index (Phi) is 6.31. The Bertz CT molecular complexity index is 1150. The first-order valence-corrected chi connectivity index (χ1v) is 11.5. The lowest BCUT2D eigenvalue weighted by Gasteiger charge is -2.34. The van der Waals surface area contributed by atoms with Crippen LogP contribution in [0.5, 0.6) is 5.75 Å². The van der Waals surface area contributed by atoms with Gasteiger partial charge in [-0.2, -0.15) is 4.98 Å². The van der Waals surface area contributed by atoms with Gasteiger partial charge in [-0.1, -0.05) is 12.1 Å². The van der Waals surface area contributed by atoms with Gasteiger partial charge in [-0.3, -0.25) is 10.0 Å². The number of hydrogen-bond donors (Lipinski definition) is 3. The first-order valence-electron chi connectivity index (χ1n) is 10.1. The highest BCUT2D eigenvalue weighted by molar-refractivity contribution is 7.93. The van der Waals surface area contributed by atoms with Gasteiger partial charge >= 0.3 is 0 Å². The van der Waals surface area contributed by atoms with Crippen LogP contribution in [0.2, 0.25) is 0 Å². The van der Waals surface area contributed by atoms with E-state index in [1.165, 1.54) is 29.7 Å². The minimum atomic E-state index is -4.07. The summed E-state index contributed by atoms with van der Waals surface area (Å²) in [6.07, 6.45) is -0.0804. The number of carbonyl (C=O) groups is 1. The van der Waals surface area contributed by atoms with Gasteiger partial charge in [-0.15, -0.1) is 0 Å². The van der Waals surface area contributed by atoms with E-state index < -0.39 is 20.5 Å². The average Bonchev–Trinajstić information content (AvgIpc) is 3.25. The van der Waals surface area contributed by atoms with Crippen LogP contribution in [-0.2, 0) is 19.4 Å². The summed E-state index contributed by atoms with van der Waals surface area (Å²) in [6.45, 7) is 0.938. The van der Waals surface area contributed by atoms with Crippen LogP contribution in [-0.4, -0.2) is 55.6 Å². The van der Waals surface area contributed by atoms with Crippen molar-refractivity contribution in [1.82, 2.24) is 10.5 Å². The topological polar surface area (TPSA) is 140 Å². The third kappa shape index (κ3) is 4.14. The zero-order valence-corrected chi connectivity index (χ0v) is 17.9. The van der Waals surface area contributed by atoms with E-state index in [9.17, 15) is 13.2 Å². The van der Waals surface area contributed by atoms with Crippen LogP contribution >= 0.6 is 0 Å². The molecule has 1 amide bonds. The number of fused-ring (bicyclic) bond motifs is 1. The van der Waals surface area contributed by atoms with Crippen molar-refractivity contribution >= 4 is 32.9 Å². The number of rotatable bonds is 8. The lowest BCUT2D eigenvalue weighted by Crippen LogP contribution is -2.54. The molecule has 0 bridgehead atoms. The van der Waals surface area contributed by atoms with E-state index in [1.54, 1.807) is 0 Å². The number of ether oxygens (including phenoxy) is 2. The molecule has 10 nitrogen and oxygen atoms in total. The second-order valence-electron chi connectivity index (χ2n) is 7.28. The maximum Gasteiger partial charge on any atom is 0.295 e. The molecule has 0 saturated carbocycles. The monoisotopic (exact) mass is 461 g/mol. The van der Waals surface area contributed by atoms with Crippen LogP contribution < -0.4 is 15.5 Å². The van der Waals surface area contributed by atoms with Crippen LogP contribution in [0, 0.1) is 0 Å². The van der Waals surface area contributed by atoms with Crippen LogP contribution in [0.1, 0.15) is 12.8 Å². The number of oxazole rings is 1. The van der Waals surface area contributed by atoms with Gasteiger partial charge in [-0.25, -0.2) is 13.9 Å². The number of benzene rings is 2. The van der Waals surface area contributed by atoms with Gasteiger partial charge in [0.25, 0.3) is 11.9 Å². The van der Waals surface area contributed by atoms with Gasteiger partial charge in [0.05, 0.1) is 11.4 Å². The molecule has 1 aliphatic rings. The number of nitrogens with zero attached hydrogens (tertiary/aromatic N) is 1. The highest BCUT2D eigenvalue weighted by Gasteiger charge is 2.52. The predicted molar refractivity (Wildman–Crippen MR) is 114 cm³/mol. The van der Waals surface area contributed by atoms with Crippen LogP contribution in [0.15, 0.2) is 57.8 Å². The summed E-state index contributed by atoms with van der Waals surface area (Å²) in [5.41, 5.74) is 2.94. The minimum absolute atomic E-state index is 0.0278. The molecule has 3 N–H and O–H groups in total. The lowest BCUT2D eigenvalue weighted by atomic mass is 9.98. The molecule has 1 aliphatic heterocycles. The summed E-state index contributed by atoms with van der Waals surface area (Å²) in [4.78, 5) is 16.6. The van der Waals surface area contributed by atoms with Crippen molar-refractivity contribution in [2.45, 2.75) is 22.5 Å². The largest absolute Gasteiger partial charge is 0.492 e. The second-order valence-corrected chi connectivity index (χ2v) is 9.54. The zero-order valence-electron chi connectivity index (χ0n) is 17.1. The van der Waals surface area contributed by atoms with E-state index >= 15 is 0 Å². The number of aromatic nitrogens is 1. The number of carbonyl (C=O) groups excluding carboxylic acids is 1. The summed E-state index contributed by atoms with van der Waals surface area (Å²) in [7, 11) is -4.07. The quantitative estimate of drug-likeness (QED) is 0.261. The Balaban J connectivity index is 1.38. The normalized spacial score (nSPS) is 15.9. The molecule has 0 unspecified atom stereocenters. The molecular weight excluding hydrogens is 438 g/mol. The van der Waals surface area contributed by atoms with E-state index in [0.29, 0.717) is 30.5 Å². The minimum Gasteiger partial charge on any atom is -0.492 e. The maximum absolute atomic E-state index is 13.2. The highest BCUT2D eigenvalue weighted by Crippen LogP contribution is 2.35. The number of sulfone groups is 1. The van der Waals surface area contributed by atoms with Crippen LogP contribution in [0.25, 0.3) is 11.1 Å². The SMILES string of the molecule is O=C(NO)C1(S(=O)(=O)c2ccc(OCCNc3nc4ccccc4o3)cc2)CCOCC1. The second kappa shape index (κ2) is 9.15. The Morgan fingerprint density at radius 2 is 1.84 bits per heavy atom. The zero-order chi connectivity index (χ0) is 22.6. The van der Waals surface area contributed by atoms with E-state index in [4.69, 9.17) is 19.1 Å². The van der Waals surface area contributed by atoms with Crippen molar-refractivity contribution in [3.8, 4) is 5.75 Å². The summed E-state index contributed by atoms with van der Waals surface area (Å²) >= 11 is 0. The Morgan fingerprint density at radius 3 is 2.53 bits per heavy atom. The first kappa shape index (κ1) is 22.1. The van der Waals surface area contributed by atoms with Crippen molar-refractivity contribution in [2.24, 2.45) is 0 Å². The highest BCUT2D eigenvalue weighted by atomic mass is 32.2. The fourth-order valence-electron chi connectivity index (χ4n) is 3.64. The standard InChI is InChI=1S/C21H23N3O7S/c25-19(24-26)21(9-12-29-13-10-21)32(27,28)16-7-5-15(6-8-16)30-14-11-22-20-23-17-3-1-2-4-18(17)31-20/h1-8,26H,9-14H2,(H,22,23)(H,24,25). The molecule has 1 saturated heterocycles. The third-order valence-electron chi connectivity index (χ3n) is 5.41. The fraction of sp³-hybridized carbons (Fsp3) is 0.333. The molecule has 2 heterocycles.